The van der Waals surface area contributed by atoms with E-state index in [4.69, 9.17) is 5.73 Å². The number of hydrogen-bond acceptors (Lipinski definition) is 5. The first-order valence-corrected chi connectivity index (χ1v) is 10.3. The summed E-state index contributed by atoms with van der Waals surface area (Å²) in [6.07, 6.45) is 3.82. The first-order chi connectivity index (χ1) is 13.8. The predicted molar refractivity (Wildman–Crippen MR) is 109 cm³/mol. The Morgan fingerprint density at radius 1 is 1.14 bits per heavy atom. The fraction of sp³-hybridized carbons (Fsp3) is 0.100. The number of anilines is 1. The number of hydrogen-bond donors (Lipinski definition) is 1. The fourth-order valence-electron chi connectivity index (χ4n) is 3.30. The molecule has 3 heterocycles. The molecule has 0 saturated heterocycles. The summed E-state index contributed by atoms with van der Waals surface area (Å²) < 4.78 is 42.0. The van der Waals surface area contributed by atoms with E-state index in [1.54, 1.807) is 30.3 Å². The Morgan fingerprint density at radius 2 is 1.86 bits per heavy atom. The first kappa shape index (κ1) is 18.9. The standard InChI is InChI=1S/C20H17FN4O3S/c1-24-11-17(16-9-14(21)10-23-19(16)22)15-7-8-25(18(15)20(24)26)29(27,28)12-13-5-3-2-4-6-13/h2-11H,12H2,1H3,(H2,22,23). The number of halogens is 1. The molecule has 9 heteroatoms. The molecule has 29 heavy (non-hydrogen) atoms. The number of aryl methyl sites for hydroxylation is 1. The van der Waals surface area contributed by atoms with Crippen molar-refractivity contribution in [1.29, 1.82) is 0 Å². The van der Waals surface area contributed by atoms with Crippen LogP contribution < -0.4 is 11.3 Å². The van der Waals surface area contributed by atoms with Crippen LogP contribution in [0.15, 0.2) is 65.8 Å². The fourth-order valence-corrected chi connectivity index (χ4v) is 4.75. The number of nitrogen functional groups attached to an aromatic ring is 1. The van der Waals surface area contributed by atoms with E-state index in [1.165, 1.54) is 36.1 Å². The quantitative estimate of drug-likeness (QED) is 0.555. The second-order valence-corrected chi connectivity index (χ2v) is 8.51. The molecule has 0 aliphatic heterocycles. The molecule has 1 aromatic carbocycles. The Morgan fingerprint density at radius 3 is 2.59 bits per heavy atom. The van der Waals surface area contributed by atoms with Crippen molar-refractivity contribution < 1.29 is 12.8 Å². The molecule has 0 aliphatic rings. The van der Waals surface area contributed by atoms with Crippen LogP contribution in [-0.2, 0) is 22.8 Å². The second-order valence-electron chi connectivity index (χ2n) is 6.66. The van der Waals surface area contributed by atoms with Gasteiger partial charge in [0.25, 0.3) is 5.56 Å². The largest absolute Gasteiger partial charge is 0.383 e. The highest BCUT2D eigenvalue weighted by Crippen LogP contribution is 2.31. The lowest BCUT2D eigenvalue weighted by Gasteiger charge is -2.11. The van der Waals surface area contributed by atoms with Gasteiger partial charge in [0.05, 0.1) is 11.9 Å². The molecular formula is C20H17FN4O3S. The Kier molecular flexibility index (Phi) is 4.46. The normalized spacial score (nSPS) is 11.8. The lowest BCUT2D eigenvalue weighted by atomic mass is 10.0. The summed E-state index contributed by atoms with van der Waals surface area (Å²) in [6.45, 7) is 0. The van der Waals surface area contributed by atoms with Gasteiger partial charge in [0, 0.05) is 36.0 Å². The maximum Gasteiger partial charge on any atom is 0.275 e. The minimum absolute atomic E-state index is 0.0235. The molecule has 0 unspecified atom stereocenters. The molecule has 0 fully saturated rings. The lowest BCUT2D eigenvalue weighted by Crippen LogP contribution is -2.23. The molecule has 0 radical (unpaired) electrons. The molecule has 4 rings (SSSR count). The number of rotatable bonds is 4. The summed E-state index contributed by atoms with van der Waals surface area (Å²) >= 11 is 0. The summed E-state index contributed by atoms with van der Waals surface area (Å²) in [6, 6.07) is 11.4. The highest BCUT2D eigenvalue weighted by molar-refractivity contribution is 7.89. The van der Waals surface area contributed by atoms with Gasteiger partial charge in [0.2, 0.25) is 10.0 Å². The Labute approximate surface area is 165 Å². The van der Waals surface area contributed by atoms with Gasteiger partial charge < -0.3 is 10.3 Å². The van der Waals surface area contributed by atoms with Crippen LogP contribution in [-0.4, -0.2) is 21.9 Å². The van der Waals surface area contributed by atoms with Crippen molar-refractivity contribution in [3.63, 3.8) is 0 Å². The number of pyridine rings is 2. The number of benzene rings is 1. The molecule has 0 aliphatic carbocycles. The molecule has 0 bridgehead atoms. The van der Waals surface area contributed by atoms with E-state index in [0.29, 0.717) is 16.5 Å². The van der Waals surface area contributed by atoms with Crippen molar-refractivity contribution >= 4 is 26.7 Å². The predicted octanol–water partition coefficient (Wildman–Crippen LogP) is 2.50. The van der Waals surface area contributed by atoms with Crippen molar-refractivity contribution in [2.45, 2.75) is 5.75 Å². The van der Waals surface area contributed by atoms with Gasteiger partial charge >= 0.3 is 0 Å². The third-order valence-corrected chi connectivity index (χ3v) is 6.26. The average Bonchev–Trinajstić information content (AvgIpc) is 3.14. The molecule has 2 N–H and O–H groups in total. The van der Waals surface area contributed by atoms with Gasteiger partial charge in [-0.15, -0.1) is 0 Å². The van der Waals surface area contributed by atoms with Crippen LogP contribution >= 0.6 is 0 Å². The number of fused-ring (bicyclic) bond motifs is 1. The molecule has 0 amide bonds. The summed E-state index contributed by atoms with van der Waals surface area (Å²) in [7, 11) is -2.38. The Hall–Kier alpha value is -3.46. The van der Waals surface area contributed by atoms with Gasteiger partial charge in [-0.3, -0.25) is 4.79 Å². The monoisotopic (exact) mass is 412 g/mol. The zero-order valence-corrected chi connectivity index (χ0v) is 16.2. The first-order valence-electron chi connectivity index (χ1n) is 8.67. The smallest absolute Gasteiger partial charge is 0.275 e. The minimum Gasteiger partial charge on any atom is -0.383 e. The molecule has 3 aromatic heterocycles. The van der Waals surface area contributed by atoms with Gasteiger partial charge in [-0.05, 0) is 17.7 Å². The van der Waals surface area contributed by atoms with Crippen LogP contribution in [0.1, 0.15) is 5.56 Å². The van der Waals surface area contributed by atoms with Crippen molar-refractivity contribution in [2.75, 3.05) is 5.73 Å². The lowest BCUT2D eigenvalue weighted by molar-refractivity contribution is 0.588. The third-order valence-electron chi connectivity index (χ3n) is 4.65. The molecule has 0 spiro atoms. The third kappa shape index (κ3) is 3.29. The summed E-state index contributed by atoms with van der Waals surface area (Å²) in [5.41, 5.74) is 6.69. The van der Waals surface area contributed by atoms with Crippen LogP contribution in [0.3, 0.4) is 0 Å². The van der Waals surface area contributed by atoms with Crippen LogP contribution in [0.25, 0.3) is 22.0 Å². The molecule has 0 atom stereocenters. The van der Waals surface area contributed by atoms with Crippen LogP contribution in [0.4, 0.5) is 10.2 Å². The van der Waals surface area contributed by atoms with Gasteiger partial charge in [0.15, 0.2) is 0 Å². The van der Waals surface area contributed by atoms with Crippen molar-refractivity contribution in [2.24, 2.45) is 7.05 Å². The average molecular weight is 412 g/mol. The van der Waals surface area contributed by atoms with E-state index < -0.39 is 21.4 Å². The van der Waals surface area contributed by atoms with E-state index in [2.05, 4.69) is 4.98 Å². The van der Waals surface area contributed by atoms with Crippen molar-refractivity contribution in [1.82, 2.24) is 13.5 Å². The van der Waals surface area contributed by atoms with Crippen LogP contribution in [0.2, 0.25) is 0 Å². The van der Waals surface area contributed by atoms with Gasteiger partial charge in [-0.25, -0.2) is 21.8 Å². The van der Waals surface area contributed by atoms with Gasteiger partial charge in [-0.1, -0.05) is 30.3 Å². The highest BCUT2D eigenvalue weighted by atomic mass is 32.2. The molecular weight excluding hydrogens is 395 g/mol. The maximum absolute atomic E-state index is 13.8. The van der Waals surface area contributed by atoms with Crippen molar-refractivity contribution in [3.8, 4) is 11.1 Å². The summed E-state index contributed by atoms with van der Waals surface area (Å²) in [4.78, 5) is 16.6. The number of aromatic nitrogens is 3. The van der Waals surface area contributed by atoms with E-state index >= 15 is 0 Å². The second kappa shape index (κ2) is 6.85. The van der Waals surface area contributed by atoms with E-state index in [-0.39, 0.29) is 22.7 Å². The molecule has 148 valence electrons. The van der Waals surface area contributed by atoms with E-state index in [0.717, 1.165) is 10.2 Å². The van der Waals surface area contributed by atoms with Gasteiger partial charge in [-0.2, -0.15) is 0 Å². The summed E-state index contributed by atoms with van der Waals surface area (Å²) in [5.74, 6) is -0.784. The molecule has 7 nitrogen and oxygen atoms in total. The topological polar surface area (TPSA) is 100.0 Å². The Bertz CT molecular complexity index is 1390. The number of nitrogens with zero attached hydrogens (tertiary/aromatic N) is 3. The highest BCUT2D eigenvalue weighted by Gasteiger charge is 2.22. The minimum atomic E-state index is -3.87. The zero-order valence-electron chi connectivity index (χ0n) is 15.4. The maximum atomic E-state index is 13.8. The van der Waals surface area contributed by atoms with Crippen molar-refractivity contribution in [3.05, 3.63) is 82.8 Å². The number of nitrogens with two attached hydrogens (primary N) is 1. The van der Waals surface area contributed by atoms with Crippen LogP contribution in [0, 0.1) is 5.82 Å². The summed E-state index contributed by atoms with van der Waals surface area (Å²) in [5, 5.41) is 0.351. The van der Waals surface area contributed by atoms with E-state index in [1.807, 2.05) is 0 Å². The molecule has 4 aromatic rings. The van der Waals surface area contributed by atoms with E-state index in [9.17, 15) is 17.6 Å². The zero-order chi connectivity index (χ0) is 20.8. The molecule has 0 saturated carbocycles. The van der Waals surface area contributed by atoms with Crippen LogP contribution in [0.5, 0.6) is 0 Å². The van der Waals surface area contributed by atoms with Gasteiger partial charge in [0.1, 0.15) is 17.2 Å². The Balaban J connectivity index is 1.96. The SMILES string of the molecule is Cn1cc(-c2cc(F)cnc2N)c2ccn(S(=O)(=O)Cc3ccccc3)c2c1=O.